The van der Waals surface area contributed by atoms with Crippen LogP contribution < -0.4 is 4.72 Å². The molecule has 0 aliphatic rings. The zero-order chi connectivity index (χ0) is 12.9. The minimum absolute atomic E-state index is 0.443. The number of rotatable bonds is 5. The zero-order valence-corrected chi connectivity index (χ0v) is 9.89. The van der Waals surface area contributed by atoms with E-state index >= 15 is 0 Å². The van der Waals surface area contributed by atoms with Gasteiger partial charge >= 0.3 is 7.05 Å². The van der Waals surface area contributed by atoms with E-state index in [4.69, 9.17) is 5.02 Å². The van der Waals surface area contributed by atoms with Crippen molar-refractivity contribution in [2.45, 2.75) is 0 Å². The van der Waals surface area contributed by atoms with Crippen LogP contribution in [0, 0.1) is 4.91 Å². The molecule has 0 atom stereocenters. The van der Waals surface area contributed by atoms with E-state index in [2.05, 4.69) is 9.81 Å². The number of sulfonamides is 1. The molecule has 0 fully saturated rings. The third-order valence-electron chi connectivity index (χ3n) is 1.78. The molecule has 0 aliphatic carbocycles. The molecular formula is C9H11BN2O4S. The normalized spacial score (nSPS) is 11.4. The van der Waals surface area contributed by atoms with Crippen molar-refractivity contribution in [2.24, 2.45) is 5.09 Å². The first kappa shape index (κ1) is 13.4. The van der Waals surface area contributed by atoms with Crippen LogP contribution in [-0.4, -0.2) is 26.7 Å². The maximum Gasteiger partial charge on any atom is 0.510 e. The minimum atomic E-state index is -3.28. The summed E-state index contributed by atoms with van der Waals surface area (Å²) < 4.78 is 24.2. The van der Waals surface area contributed by atoms with Crippen molar-refractivity contribution in [3.63, 3.8) is 0 Å². The molecule has 8 heteroatoms. The van der Waals surface area contributed by atoms with E-state index in [9.17, 15) is 13.3 Å². The predicted octanol–water partition coefficient (Wildman–Crippen LogP) is 0.857. The van der Waals surface area contributed by atoms with Gasteiger partial charge in [0.2, 0.25) is 10.0 Å². The Bertz CT molecular complexity index is 512. The summed E-state index contributed by atoms with van der Waals surface area (Å²) in [5.74, 6) is 1.23. The van der Waals surface area contributed by atoms with Crippen LogP contribution in [0.2, 0.25) is 0 Å². The van der Waals surface area contributed by atoms with Gasteiger partial charge in [0.05, 0.1) is 6.26 Å². The number of hydrogen-bond donors (Lipinski definition) is 2. The summed E-state index contributed by atoms with van der Waals surface area (Å²) >= 11 is 0. The second-order valence-electron chi connectivity index (χ2n) is 3.37. The van der Waals surface area contributed by atoms with Crippen molar-refractivity contribution >= 4 is 28.8 Å². The van der Waals surface area contributed by atoms with Gasteiger partial charge in [-0.15, -0.1) is 0 Å². The molecule has 0 saturated carbocycles. The van der Waals surface area contributed by atoms with E-state index in [-0.39, 0.29) is 0 Å². The Hall–Kier alpha value is -1.67. The maximum absolute atomic E-state index is 10.9. The third kappa shape index (κ3) is 5.27. The van der Waals surface area contributed by atoms with E-state index in [1.165, 1.54) is 12.1 Å². The van der Waals surface area contributed by atoms with Crippen LogP contribution in [0.1, 0.15) is 5.56 Å². The molecule has 1 aromatic rings. The zero-order valence-electron chi connectivity index (χ0n) is 9.07. The number of hydrogen-bond acceptors (Lipinski definition) is 5. The molecule has 0 aromatic heterocycles. The highest BCUT2D eigenvalue weighted by Crippen LogP contribution is 2.11. The number of anilines is 1. The van der Waals surface area contributed by atoms with Crippen LogP contribution in [0.5, 0.6) is 0 Å². The van der Waals surface area contributed by atoms with Crippen LogP contribution in [0.3, 0.4) is 0 Å². The lowest BCUT2D eigenvalue weighted by atomic mass is 9.85. The molecule has 0 aliphatic heterocycles. The van der Waals surface area contributed by atoms with Gasteiger partial charge in [0.25, 0.3) is 0 Å². The van der Waals surface area contributed by atoms with Gasteiger partial charge < -0.3 is 5.02 Å². The second-order valence-corrected chi connectivity index (χ2v) is 5.12. The van der Waals surface area contributed by atoms with Crippen LogP contribution >= 0.6 is 0 Å². The first-order chi connectivity index (χ1) is 7.90. The standard InChI is InChI=1S/C9H11BN2O4S/c1-17(15,16)11-9-4-2-8(3-5-9)6-7-10(13)12-14/h2-7,11,13H,1H3/b7-6+. The number of benzene rings is 1. The van der Waals surface area contributed by atoms with Crippen LogP contribution in [0.15, 0.2) is 35.3 Å². The Morgan fingerprint density at radius 1 is 1.35 bits per heavy atom. The molecule has 0 amide bonds. The molecule has 0 radical (unpaired) electrons. The van der Waals surface area contributed by atoms with E-state index in [0.29, 0.717) is 11.3 Å². The topological polar surface area (TPSA) is 95.8 Å². The summed E-state index contributed by atoms with van der Waals surface area (Å²) in [6, 6.07) is 6.42. The van der Waals surface area contributed by atoms with Gasteiger partial charge in [0.1, 0.15) is 0 Å². The molecule has 0 saturated heterocycles. The first-order valence-corrected chi connectivity index (χ1v) is 6.56. The number of nitrogens with one attached hydrogen (secondary N) is 1. The average molecular weight is 254 g/mol. The average Bonchev–Trinajstić information content (AvgIpc) is 2.25. The van der Waals surface area contributed by atoms with Crippen molar-refractivity contribution in [3.05, 3.63) is 40.7 Å². The summed E-state index contributed by atoms with van der Waals surface area (Å²) in [5.41, 5.74) is 1.16. The molecule has 0 bridgehead atoms. The van der Waals surface area contributed by atoms with Crippen LogP contribution in [-0.2, 0) is 10.0 Å². The molecular weight excluding hydrogens is 243 g/mol. The Morgan fingerprint density at radius 2 is 1.94 bits per heavy atom. The van der Waals surface area contributed by atoms with Crippen molar-refractivity contribution in [1.29, 1.82) is 0 Å². The van der Waals surface area contributed by atoms with E-state index in [0.717, 1.165) is 6.26 Å². The van der Waals surface area contributed by atoms with Crippen molar-refractivity contribution in [2.75, 3.05) is 11.0 Å². The Kier molecular flexibility index (Phi) is 4.41. The highest BCUT2D eigenvalue weighted by atomic mass is 32.2. The fourth-order valence-electron chi connectivity index (χ4n) is 1.11. The minimum Gasteiger partial charge on any atom is -0.426 e. The summed E-state index contributed by atoms with van der Waals surface area (Å²) in [4.78, 5) is 9.91. The Morgan fingerprint density at radius 3 is 2.41 bits per heavy atom. The largest absolute Gasteiger partial charge is 0.510 e. The van der Waals surface area contributed by atoms with Crippen LogP contribution in [0.4, 0.5) is 5.69 Å². The van der Waals surface area contributed by atoms with Gasteiger partial charge in [0.15, 0.2) is 0 Å². The fourth-order valence-corrected chi connectivity index (χ4v) is 1.67. The molecule has 0 spiro atoms. The Labute approximate surface area is 99.5 Å². The molecule has 0 heterocycles. The van der Waals surface area contributed by atoms with Gasteiger partial charge in [-0.2, -0.15) is 4.91 Å². The van der Waals surface area contributed by atoms with Crippen molar-refractivity contribution in [3.8, 4) is 0 Å². The summed E-state index contributed by atoms with van der Waals surface area (Å²) in [6.45, 7) is 0. The predicted molar refractivity (Wildman–Crippen MR) is 67.7 cm³/mol. The second kappa shape index (κ2) is 5.60. The smallest absolute Gasteiger partial charge is 0.426 e. The van der Waals surface area contributed by atoms with Crippen LogP contribution in [0.25, 0.3) is 6.08 Å². The van der Waals surface area contributed by atoms with E-state index in [1.807, 2.05) is 0 Å². The van der Waals surface area contributed by atoms with Gasteiger partial charge in [-0.1, -0.05) is 29.3 Å². The molecule has 6 nitrogen and oxygen atoms in total. The molecule has 0 unspecified atom stereocenters. The maximum atomic E-state index is 10.9. The van der Waals surface area contributed by atoms with Gasteiger partial charge in [-0.05, 0) is 17.7 Å². The molecule has 1 rings (SSSR count). The molecule has 2 N–H and O–H groups in total. The highest BCUT2D eigenvalue weighted by Gasteiger charge is 2.05. The van der Waals surface area contributed by atoms with E-state index in [1.54, 1.807) is 24.3 Å². The van der Waals surface area contributed by atoms with Gasteiger partial charge in [0, 0.05) is 5.69 Å². The summed E-state index contributed by atoms with van der Waals surface area (Å²) in [7, 11) is -4.66. The highest BCUT2D eigenvalue weighted by molar-refractivity contribution is 7.92. The summed E-state index contributed by atoms with van der Waals surface area (Å²) in [5, 5.41) is 11.3. The van der Waals surface area contributed by atoms with Gasteiger partial charge in [-0.25, -0.2) is 8.42 Å². The van der Waals surface area contributed by atoms with Crippen molar-refractivity contribution in [1.82, 2.24) is 0 Å². The lowest BCUT2D eigenvalue weighted by Gasteiger charge is -2.03. The third-order valence-corrected chi connectivity index (χ3v) is 2.39. The summed E-state index contributed by atoms with van der Waals surface area (Å²) in [6.07, 6.45) is 2.57. The van der Waals surface area contributed by atoms with E-state index < -0.39 is 17.1 Å². The number of nitroso groups, excluding NO2 is 1. The Balaban J connectivity index is 2.75. The number of nitrogens with zero attached hydrogens (tertiary/aromatic N) is 1. The lowest BCUT2D eigenvalue weighted by Crippen LogP contribution is -2.09. The quantitative estimate of drug-likeness (QED) is 0.601. The lowest BCUT2D eigenvalue weighted by molar-refractivity contribution is 0.586. The molecule has 1 aromatic carbocycles. The molecule has 90 valence electrons. The van der Waals surface area contributed by atoms with Crippen molar-refractivity contribution < 1.29 is 13.4 Å². The van der Waals surface area contributed by atoms with Gasteiger partial charge in [-0.3, -0.25) is 4.72 Å². The fraction of sp³-hybridized carbons (Fsp3) is 0.111. The first-order valence-electron chi connectivity index (χ1n) is 4.67. The SMILES string of the molecule is CS(=O)(=O)Nc1ccc(/C=C/B(O)N=O)cc1. The molecule has 17 heavy (non-hydrogen) atoms. The monoisotopic (exact) mass is 254 g/mol.